The zero-order valence-electron chi connectivity index (χ0n) is 10.8. The van der Waals surface area contributed by atoms with E-state index in [4.69, 9.17) is 0 Å². The maximum atomic E-state index is 13.1. The molecule has 0 aromatic heterocycles. The quantitative estimate of drug-likeness (QED) is 0.867. The van der Waals surface area contributed by atoms with E-state index in [9.17, 15) is 13.2 Å². The first kappa shape index (κ1) is 17.8. The molecule has 20 heavy (non-hydrogen) atoms. The number of hydrogen-bond donors (Lipinski definition) is 1. The first-order valence-electron chi connectivity index (χ1n) is 6.26. The van der Waals surface area contributed by atoms with Crippen molar-refractivity contribution in [2.45, 2.75) is 18.9 Å². The van der Waals surface area contributed by atoms with Crippen molar-refractivity contribution in [3.05, 3.63) is 34.1 Å². The van der Waals surface area contributed by atoms with E-state index in [1.807, 2.05) is 4.90 Å². The van der Waals surface area contributed by atoms with Gasteiger partial charge in [0.15, 0.2) is 0 Å². The summed E-state index contributed by atoms with van der Waals surface area (Å²) in [7, 11) is 0. The van der Waals surface area contributed by atoms with E-state index in [2.05, 4.69) is 21.2 Å². The summed E-state index contributed by atoms with van der Waals surface area (Å²) in [5.41, 5.74) is 0.726. The summed E-state index contributed by atoms with van der Waals surface area (Å²) in [5, 5.41) is 3.20. The van der Waals surface area contributed by atoms with Gasteiger partial charge in [-0.05, 0) is 17.7 Å². The standard InChI is InChI=1S/C13H16BrF3N2.ClH/c14-11-7-9(15)1-2-10(11)12(8-13(16)17)19-5-3-18-4-6-19;/h1-2,7,12-13,18H,3-6,8H2;1H/t12-;/m1./s1. The highest BCUT2D eigenvalue weighted by atomic mass is 79.9. The molecule has 2 rings (SSSR count). The predicted molar refractivity (Wildman–Crippen MR) is 79.2 cm³/mol. The van der Waals surface area contributed by atoms with Gasteiger partial charge in [-0.3, -0.25) is 4.90 Å². The van der Waals surface area contributed by atoms with E-state index >= 15 is 0 Å². The summed E-state index contributed by atoms with van der Waals surface area (Å²) in [6.07, 6.45) is -2.61. The number of nitrogens with zero attached hydrogens (tertiary/aromatic N) is 1. The number of hydrogen-bond acceptors (Lipinski definition) is 2. The lowest BCUT2D eigenvalue weighted by Crippen LogP contribution is -2.45. The molecule has 0 amide bonds. The van der Waals surface area contributed by atoms with Crippen molar-refractivity contribution < 1.29 is 13.2 Å². The minimum atomic E-state index is -2.38. The maximum Gasteiger partial charge on any atom is 0.240 e. The molecule has 0 radical (unpaired) electrons. The van der Waals surface area contributed by atoms with E-state index in [-0.39, 0.29) is 30.7 Å². The average molecular weight is 374 g/mol. The van der Waals surface area contributed by atoms with Crippen molar-refractivity contribution in [3.8, 4) is 0 Å². The van der Waals surface area contributed by atoms with E-state index in [0.717, 1.165) is 31.7 Å². The molecule has 1 aliphatic rings. The van der Waals surface area contributed by atoms with Crippen LogP contribution < -0.4 is 5.32 Å². The van der Waals surface area contributed by atoms with Crippen LogP contribution in [0, 0.1) is 5.82 Å². The van der Waals surface area contributed by atoms with Crippen LogP contribution in [0.25, 0.3) is 0 Å². The second-order valence-electron chi connectivity index (χ2n) is 4.59. The number of benzene rings is 1. The maximum absolute atomic E-state index is 13.1. The molecule has 1 saturated heterocycles. The number of alkyl halides is 2. The van der Waals surface area contributed by atoms with Crippen molar-refractivity contribution in [2.75, 3.05) is 26.2 Å². The molecule has 0 spiro atoms. The van der Waals surface area contributed by atoms with E-state index < -0.39 is 6.43 Å². The Kier molecular flexibility index (Phi) is 7.29. The van der Waals surface area contributed by atoms with Crippen LogP contribution in [0.1, 0.15) is 18.0 Å². The molecule has 1 aromatic rings. The molecule has 0 saturated carbocycles. The lowest BCUT2D eigenvalue weighted by Gasteiger charge is -2.35. The molecule has 1 aliphatic heterocycles. The molecule has 2 nitrogen and oxygen atoms in total. The predicted octanol–water partition coefficient (Wildman–Crippen LogP) is 3.61. The van der Waals surface area contributed by atoms with E-state index in [1.54, 1.807) is 6.07 Å². The van der Waals surface area contributed by atoms with Gasteiger partial charge in [-0.15, -0.1) is 12.4 Å². The Morgan fingerprint density at radius 3 is 2.45 bits per heavy atom. The van der Waals surface area contributed by atoms with Gasteiger partial charge >= 0.3 is 0 Å². The SMILES string of the molecule is Cl.Fc1ccc([C@@H](CC(F)F)N2CCNCC2)c(Br)c1. The van der Waals surface area contributed by atoms with Gasteiger partial charge in [0.2, 0.25) is 6.43 Å². The van der Waals surface area contributed by atoms with E-state index in [0.29, 0.717) is 4.47 Å². The van der Waals surface area contributed by atoms with Crippen molar-refractivity contribution in [1.29, 1.82) is 0 Å². The smallest absolute Gasteiger partial charge is 0.240 e. The molecule has 1 atom stereocenters. The second kappa shape index (κ2) is 8.22. The Morgan fingerprint density at radius 1 is 1.25 bits per heavy atom. The Bertz CT molecular complexity index is 428. The number of halogens is 5. The van der Waals surface area contributed by atoms with Crippen molar-refractivity contribution in [2.24, 2.45) is 0 Å². The Labute approximate surface area is 131 Å². The van der Waals surface area contributed by atoms with Crippen molar-refractivity contribution in [1.82, 2.24) is 10.2 Å². The third-order valence-electron chi connectivity index (χ3n) is 3.32. The Morgan fingerprint density at radius 2 is 1.90 bits per heavy atom. The molecular weight excluding hydrogens is 357 g/mol. The molecule has 0 aliphatic carbocycles. The minimum absolute atomic E-state index is 0. The highest BCUT2D eigenvalue weighted by molar-refractivity contribution is 9.10. The Hall–Kier alpha value is -0.300. The molecule has 1 aromatic carbocycles. The fraction of sp³-hybridized carbons (Fsp3) is 0.538. The highest BCUT2D eigenvalue weighted by Crippen LogP contribution is 2.33. The third kappa shape index (κ3) is 4.62. The van der Waals surface area contributed by atoms with Crippen LogP contribution in [0.3, 0.4) is 0 Å². The first-order chi connectivity index (χ1) is 9.08. The van der Waals surface area contributed by atoms with Gasteiger partial charge in [0, 0.05) is 43.1 Å². The van der Waals surface area contributed by atoms with Crippen molar-refractivity contribution >= 4 is 28.3 Å². The molecule has 0 unspecified atom stereocenters. The lowest BCUT2D eigenvalue weighted by atomic mass is 10.0. The summed E-state index contributed by atoms with van der Waals surface area (Å²) in [5.74, 6) is -0.369. The van der Waals surface area contributed by atoms with Crippen LogP contribution in [0.5, 0.6) is 0 Å². The van der Waals surface area contributed by atoms with Crippen LogP contribution in [-0.4, -0.2) is 37.5 Å². The molecule has 1 heterocycles. The van der Waals surface area contributed by atoms with Crippen molar-refractivity contribution in [3.63, 3.8) is 0 Å². The van der Waals surface area contributed by atoms with Crippen LogP contribution in [0.4, 0.5) is 13.2 Å². The van der Waals surface area contributed by atoms with Gasteiger partial charge in [-0.1, -0.05) is 22.0 Å². The summed E-state index contributed by atoms with van der Waals surface area (Å²) >= 11 is 3.28. The van der Waals surface area contributed by atoms with Crippen LogP contribution in [0.15, 0.2) is 22.7 Å². The molecule has 1 fully saturated rings. The minimum Gasteiger partial charge on any atom is -0.314 e. The Balaban J connectivity index is 0.00000200. The number of nitrogens with one attached hydrogen (secondary N) is 1. The molecular formula is C13H17BrClF3N2. The fourth-order valence-electron chi connectivity index (χ4n) is 2.41. The largest absolute Gasteiger partial charge is 0.314 e. The van der Waals surface area contributed by atoms with Gasteiger partial charge in [0.05, 0.1) is 0 Å². The zero-order chi connectivity index (χ0) is 13.8. The van der Waals surface area contributed by atoms with Gasteiger partial charge < -0.3 is 5.32 Å². The van der Waals surface area contributed by atoms with E-state index in [1.165, 1.54) is 12.1 Å². The fourth-order valence-corrected chi connectivity index (χ4v) is 3.02. The molecule has 1 N–H and O–H groups in total. The summed E-state index contributed by atoms with van der Waals surface area (Å²) < 4.78 is 39.3. The zero-order valence-corrected chi connectivity index (χ0v) is 13.2. The van der Waals surface area contributed by atoms with Crippen LogP contribution in [-0.2, 0) is 0 Å². The number of piperazine rings is 1. The summed E-state index contributed by atoms with van der Waals surface area (Å²) in [4.78, 5) is 2.03. The highest BCUT2D eigenvalue weighted by Gasteiger charge is 2.26. The summed E-state index contributed by atoms with van der Waals surface area (Å²) in [6.45, 7) is 3.03. The lowest BCUT2D eigenvalue weighted by molar-refractivity contribution is 0.0736. The molecule has 7 heteroatoms. The molecule has 0 bridgehead atoms. The van der Waals surface area contributed by atoms with Crippen LogP contribution in [0.2, 0.25) is 0 Å². The van der Waals surface area contributed by atoms with Gasteiger partial charge in [-0.2, -0.15) is 0 Å². The van der Waals surface area contributed by atoms with Crippen LogP contribution >= 0.6 is 28.3 Å². The van der Waals surface area contributed by atoms with Gasteiger partial charge in [0.25, 0.3) is 0 Å². The summed E-state index contributed by atoms with van der Waals surface area (Å²) in [6, 6.07) is 3.86. The molecule has 114 valence electrons. The average Bonchev–Trinajstić information content (AvgIpc) is 2.37. The monoisotopic (exact) mass is 372 g/mol. The van der Waals surface area contributed by atoms with Gasteiger partial charge in [0.1, 0.15) is 5.82 Å². The number of rotatable bonds is 4. The second-order valence-corrected chi connectivity index (χ2v) is 5.45. The third-order valence-corrected chi connectivity index (χ3v) is 4.00. The normalized spacial score (nSPS) is 17.9. The first-order valence-corrected chi connectivity index (χ1v) is 7.05. The topological polar surface area (TPSA) is 15.3 Å². The van der Waals surface area contributed by atoms with Gasteiger partial charge in [-0.25, -0.2) is 13.2 Å².